The Bertz CT molecular complexity index is 994. The number of thioether (sulfide) groups is 1. The maximum Gasteiger partial charge on any atom is 0.345 e. The molecule has 1 unspecified atom stereocenters. The number of aliphatic carboxylic acids is 1. The summed E-state index contributed by atoms with van der Waals surface area (Å²) in [5.74, 6) is 1.43. The average Bonchev–Trinajstić information content (AvgIpc) is 2.80. The van der Waals surface area contributed by atoms with Gasteiger partial charge in [-0.3, -0.25) is 0 Å². The number of anilines is 1. The lowest BCUT2D eigenvalue weighted by Gasteiger charge is -2.30. The molecule has 1 N–H and O–H groups in total. The summed E-state index contributed by atoms with van der Waals surface area (Å²) >= 11 is 1.90. The molecule has 0 radical (unpaired) electrons. The lowest BCUT2D eigenvalue weighted by atomic mass is 10.1. The van der Waals surface area contributed by atoms with Crippen LogP contribution in [0.5, 0.6) is 11.5 Å². The first-order chi connectivity index (χ1) is 15.2. The maximum absolute atomic E-state index is 11.6. The van der Waals surface area contributed by atoms with Crippen LogP contribution in [0.25, 0.3) is 0 Å². The van der Waals surface area contributed by atoms with Gasteiger partial charge in [-0.1, -0.05) is 42.5 Å². The lowest BCUT2D eigenvalue weighted by Crippen LogP contribution is -2.33. The SMILES string of the molecule is O=C(O)C(Cc1ccc(OCCN2CCSc3ccccc32)cc1)Oc1ccccc1. The summed E-state index contributed by atoms with van der Waals surface area (Å²) in [6.07, 6.45) is -0.654. The molecule has 5 nitrogen and oxygen atoms in total. The minimum Gasteiger partial charge on any atom is -0.492 e. The molecule has 0 amide bonds. The van der Waals surface area contributed by atoms with Gasteiger partial charge in [0.2, 0.25) is 0 Å². The first-order valence-corrected chi connectivity index (χ1v) is 11.3. The molecule has 1 atom stereocenters. The smallest absolute Gasteiger partial charge is 0.345 e. The highest BCUT2D eigenvalue weighted by atomic mass is 32.2. The molecule has 0 saturated heterocycles. The number of hydrogen-bond acceptors (Lipinski definition) is 5. The zero-order valence-corrected chi connectivity index (χ0v) is 18.0. The van der Waals surface area contributed by atoms with Gasteiger partial charge in [-0.2, -0.15) is 0 Å². The van der Waals surface area contributed by atoms with Gasteiger partial charge >= 0.3 is 5.97 Å². The number of hydrogen-bond donors (Lipinski definition) is 1. The highest BCUT2D eigenvalue weighted by Crippen LogP contribution is 2.34. The van der Waals surface area contributed by atoms with Crippen LogP contribution in [0.1, 0.15) is 5.56 Å². The number of para-hydroxylation sites is 2. The highest BCUT2D eigenvalue weighted by molar-refractivity contribution is 7.99. The second-order valence-corrected chi connectivity index (χ2v) is 8.39. The van der Waals surface area contributed by atoms with Crippen molar-refractivity contribution < 1.29 is 19.4 Å². The molecule has 0 bridgehead atoms. The van der Waals surface area contributed by atoms with E-state index in [-0.39, 0.29) is 6.42 Å². The standard InChI is InChI=1S/C25H25NO4S/c27-25(28)23(30-21-6-2-1-3-7-21)18-19-10-12-20(13-11-19)29-16-14-26-15-17-31-24-9-5-4-8-22(24)26/h1-13,23H,14-18H2,(H,27,28). The third-order valence-corrected chi connectivity index (χ3v) is 6.14. The van der Waals surface area contributed by atoms with E-state index < -0.39 is 12.1 Å². The van der Waals surface area contributed by atoms with Crippen LogP contribution in [0.3, 0.4) is 0 Å². The zero-order valence-electron chi connectivity index (χ0n) is 17.1. The van der Waals surface area contributed by atoms with E-state index in [1.165, 1.54) is 10.6 Å². The van der Waals surface area contributed by atoms with Gasteiger partial charge in [0, 0.05) is 23.6 Å². The maximum atomic E-state index is 11.6. The summed E-state index contributed by atoms with van der Waals surface area (Å²) in [4.78, 5) is 15.3. The van der Waals surface area contributed by atoms with Crippen molar-refractivity contribution in [1.82, 2.24) is 0 Å². The van der Waals surface area contributed by atoms with Crippen LogP contribution in [0.4, 0.5) is 5.69 Å². The Kier molecular flexibility index (Phi) is 6.99. The molecule has 1 aliphatic heterocycles. The second kappa shape index (κ2) is 10.3. The van der Waals surface area contributed by atoms with Gasteiger partial charge in [-0.15, -0.1) is 11.8 Å². The van der Waals surface area contributed by atoms with Gasteiger partial charge in [0.05, 0.1) is 12.2 Å². The van der Waals surface area contributed by atoms with Crippen molar-refractivity contribution in [2.24, 2.45) is 0 Å². The van der Waals surface area contributed by atoms with E-state index in [2.05, 4.69) is 29.2 Å². The zero-order chi connectivity index (χ0) is 21.5. The van der Waals surface area contributed by atoms with E-state index >= 15 is 0 Å². The summed E-state index contributed by atoms with van der Waals surface area (Å²) in [6.45, 7) is 2.43. The molecular weight excluding hydrogens is 410 g/mol. The fourth-order valence-electron chi connectivity index (χ4n) is 3.51. The molecule has 0 aliphatic carbocycles. The van der Waals surface area contributed by atoms with Crippen LogP contribution in [0.2, 0.25) is 0 Å². The van der Waals surface area contributed by atoms with E-state index in [9.17, 15) is 9.90 Å². The molecule has 1 heterocycles. The van der Waals surface area contributed by atoms with E-state index in [0.717, 1.165) is 30.2 Å². The molecule has 3 aromatic rings. The molecule has 160 valence electrons. The molecule has 0 fully saturated rings. The van der Waals surface area contributed by atoms with Gasteiger partial charge in [0.25, 0.3) is 0 Å². The number of fused-ring (bicyclic) bond motifs is 1. The Morgan fingerprint density at radius 3 is 2.48 bits per heavy atom. The Morgan fingerprint density at radius 2 is 1.71 bits per heavy atom. The monoisotopic (exact) mass is 435 g/mol. The van der Waals surface area contributed by atoms with Crippen molar-refractivity contribution in [3.8, 4) is 11.5 Å². The van der Waals surface area contributed by atoms with Crippen LogP contribution in [0.15, 0.2) is 83.8 Å². The molecule has 0 aromatic heterocycles. The summed E-state index contributed by atoms with van der Waals surface area (Å²) in [5.41, 5.74) is 2.16. The van der Waals surface area contributed by atoms with E-state index in [0.29, 0.717) is 12.4 Å². The number of nitrogens with zero attached hydrogens (tertiary/aromatic N) is 1. The summed E-state index contributed by atoms with van der Waals surface area (Å²) in [7, 11) is 0. The minimum atomic E-state index is -0.982. The topological polar surface area (TPSA) is 59.0 Å². The summed E-state index contributed by atoms with van der Waals surface area (Å²) in [6, 6.07) is 25.1. The number of benzene rings is 3. The fourth-order valence-corrected chi connectivity index (χ4v) is 4.56. The number of carboxylic acid groups (broad SMARTS) is 1. The molecule has 6 heteroatoms. The van der Waals surface area contributed by atoms with E-state index in [4.69, 9.17) is 9.47 Å². The third-order valence-electron chi connectivity index (χ3n) is 5.10. The third kappa shape index (κ3) is 5.73. The molecule has 1 aliphatic rings. The quantitative estimate of drug-likeness (QED) is 0.523. The largest absolute Gasteiger partial charge is 0.492 e. The van der Waals surface area contributed by atoms with Crippen LogP contribution in [0, 0.1) is 0 Å². The first-order valence-electron chi connectivity index (χ1n) is 10.3. The van der Waals surface area contributed by atoms with Crippen molar-refractivity contribution in [2.45, 2.75) is 17.4 Å². The first kappa shape index (κ1) is 21.1. The predicted molar refractivity (Wildman–Crippen MR) is 124 cm³/mol. The van der Waals surface area contributed by atoms with Gasteiger partial charge in [0.15, 0.2) is 6.10 Å². The molecule has 31 heavy (non-hydrogen) atoms. The van der Waals surface area contributed by atoms with E-state index in [1.807, 2.05) is 54.2 Å². The van der Waals surface area contributed by atoms with Gasteiger partial charge in [-0.05, 0) is 42.0 Å². The number of ether oxygens (including phenoxy) is 2. The number of rotatable bonds is 9. The molecule has 3 aromatic carbocycles. The molecule has 4 rings (SSSR count). The number of carboxylic acids is 1. The Balaban J connectivity index is 1.29. The van der Waals surface area contributed by atoms with Crippen LogP contribution >= 0.6 is 11.8 Å². The Labute approximate surface area is 186 Å². The van der Waals surface area contributed by atoms with Gasteiger partial charge < -0.3 is 19.5 Å². The number of carbonyl (C=O) groups is 1. The molecular formula is C25H25NO4S. The van der Waals surface area contributed by atoms with E-state index in [1.54, 1.807) is 12.1 Å². The van der Waals surface area contributed by atoms with Crippen LogP contribution in [-0.4, -0.2) is 42.6 Å². The van der Waals surface area contributed by atoms with Crippen molar-refractivity contribution >= 4 is 23.4 Å². The van der Waals surface area contributed by atoms with Crippen molar-refractivity contribution in [1.29, 1.82) is 0 Å². The molecule has 0 saturated carbocycles. The summed E-state index contributed by atoms with van der Waals surface area (Å²) in [5, 5.41) is 9.50. The van der Waals surface area contributed by atoms with Crippen molar-refractivity contribution in [3.63, 3.8) is 0 Å². The fraction of sp³-hybridized carbons (Fsp3) is 0.240. The second-order valence-electron chi connectivity index (χ2n) is 7.26. The average molecular weight is 436 g/mol. The summed E-state index contributed by atoms with van der Waals surface area (Å²) < 4.78 is 11.6. The highest BCUT2D eigenvalue weighted by Gasteiger charge is 2.20. The van der Waals surface area contributed by atoms with Crippen molar-refractivity contribution in [3.05, 3.63) is 84.4 Å². The minimum absolute atomic E-state index is 0.284. The predicted octanol–water partition coefficient (Wildman–Crippen LogP) is 4.75. The normalized spacial score (nSPS) is 13.9. The Morgan fingerprint density at radius 1 is 0.968 bits per heavy atom. The lowest BCUT2D eigenvalue weighted by molar-refractivity contribution is -0.145. The Hall–Kier alpha value is -3.12. The van der Waals surface area contributed by atoms with Crippen LogP contribution < -0.4 is 14.4 Å². The molecule has 0 spiro atoms. The van der Waals surface area contributed by atoms with Crippen LogP contribution in [-0.2, 0) is 11.2 Å². The van der Waals surface area contributed by atoms with Crippen molar-refractivity contribution in [2.75, 3.05) is 30.3 Å². The van der Waals surface area contributed by atoms with Gasteiger partial charge in [-0.25, -0.2) is 4.79 Å². The van der Waals surface area contributed by atoms with Gasteiger partial charge in [0.1, 0.15) is 18.1 Å².